The number of nitrogens with zero attached hydrogens (tertiary/aromatic N) is 4. The van der Waals surface area contributed by atoms with Crippen molar-refractivity contribution < 1.29 is 4.79 Å². The van der Waals surface area contributed by atoms with E-state index in [1.54, 1.807) is 23.2 Å². The lowest BCUT2D eigenvalue weighted by Gasteiger charge is -2.24. The minimum atomic E-state index is -0.183. The highest BCUT2D eigenvalue weighted by Crippen LogP contribution is 2.34. The van der Waals surface area contributed by atoms with E-state index in [9.17, 15) is 9.59 Å². The Bertz CT molecular complexity index is 1020. The van der Waals surface area contributed by atoms with Crippen LogP contribution in [0.25, 0.3) is 11.7 Å². The molecular weight excluding hydrogens is 404 g/mol. The second-order valence-electron chi connectivity index (χ2n) is 7.22. The van der Waals surface area contributed by atoms with E-state index < -0.39 is 0 Å². The molecule has 1 aliphatic rings. The smallest absolute Gasteiger partial charge is 0.267 e. The third kappa shape index (κ3) is 4.23. The van der Waals surface area contributed by atoms with Crippen LogP contribution in [0.3, 0.4) is 0 Å². The number of aromatic nitrogens is 2. The molecule has 0 aromatic carbocycles. The zero-order valence-electron chi connectivity index (χ0n) is 17.2. The number of rotatable bonds is 7. The molecule has 2 aromatic rings. The summed E-state index contributed by atoms with van der Waals surface area (Å²) in [6.45, 7) is 9.63. The molecule has 1 aliphatic heterocycles. The summed E-state index contributed by atoms with van der Waals surface area (Å²) in [5.41, 5.74) is 0.842. The van der Waals surface area contributed by atoms with Gasteiger partial charge in [0, 0.05) is 25.3 Å². The van der Waals surface area contributed by atoms with E-state index in [1.165, 1.54) is 16.2 Å². The van der Waals surface area contributed by atoms with E-state index in [1.807, 2.05) is 26.0 Å². The van der Waals surface area contributed by atoms with Crippen molar-refractivity contribution >= 4 is 51.7 Å². The lowest BCUT2D eigenvalue weighted by Crippen LogP contribution is -2.34. The van der Waals surface area contributed by atoms with E-state index in [4.69, 9.17) is 17.2 Å². The van der Waals surface area contributed by atoms with Crippen molar-refractivity contribution in [1.82, 2.24) is 14.3 Å². The molecule has 3 rings (SSSR count). The number of thiocarbonyl (C=S) groups is 1. The minimum absolute atomic E-state index is 0.0274. The molecule has 154 valence electrons. The molecule has 1 amide bonds. The van der Waals surface area contributed by atoms with Gasteiger partial charge in [0.1, 0.15) is 15.8 Å². The number of carbonyl (C=O) groups is 1. The van der Waals surface area contributed by atoms with Crippen LogP contribution in [0.2, 0.25) is 0 Å². The van der Waals surface area contributed by atoms with Gasteiger partial charge in [-0.15, -0.1) is 0 Å². The normalized spacial score (nSPS) is 15.9. The number of amides is 1. The van der Waals surface area contributed by atoms with Crippen LogP contribution in [0, 0.1) is 0 Å². The van der Waals surface area contributed by atoms with Gasteiger partial charge < -0.3 is 4.90 Å². The van der Waals surface area contributed by atoms with Crippen molar-refractivity contribution in [2.75, 3.05) is 18.0 Å². The van der Waals surface area contributed by atoms with E-state index in [0.29, 0.717) is 26.3 Å². The maximum Gasteiger partial charge on any atom is 0.267 e. The molecule has 0 bridgehead atoms. The molecule has 0 saturated carbocycles. The van der Waals surface area contributed by atoms with Crippen LogP contribution in [0.4, 0.5) is 5.82 Å². The predicted molar refractivity (Wildman–Crippen MR) is 124 cm³/mol. The summed E-state index contributed by atoms with van der Waals surface area (Å²) in [5.74, 6) is 0.468. The van der Waals surface area contributed by atoms with E-state index in [-0.39, 0.29) is 17.5 Å². The Kier molecular flexibility index (Phi) is 6.74. The van der Waals surface area contributed by atoms with Crippen LogP contribution in [-0.4, -0.2) is 43.6 Å². The first-order valence-corrected chi connectivity index (χ1v) is 11.1. The Hall–Kier alpha value is -2.19. The predicted octanol–water partition coefficient (Wildman–Crippen LogP) is 3.93. The molecule has 1 saturated heterocycles. The van der Waals surface area contributed by atoms with Crippen LogP contribution in [0.15, 0.2) is 34.1 Å². The zero-order chi connectivity index (χ0) is 21.1. The summed E-state index contributed by atoms with van der Waals surface area (Å²) in [6.07, 6.45) is 5.24. The summed E-state index contributed by atoms with van der Waals surface area (Å²) < 4.78 is 2.04. The summed E-state index contributed by atoms with van der Waals surface area (Å²) in [5, 5.41) is 0. The van der Waals surface area contributed by atoms with E-state index in [0.717, 1.165) is 25.9 Å². The van der Waals surface area contributed by atoms with Gasteiger partial charge in [0.05, 0.1) is 10.5 Å². The fourth-order valence-electron chi connectivity index (χ4n) is 3.38. The Morgan fingerprint density at radius 2 is 1.90 bits per heavy atom. The Morgan fingerprint density at radius 3 is 2.48 bits per heavy atom. The summed E-state index contributed by atoms with van der Waals surface area (Å²) in [6, 6.07) is 5.46. The highest BCUT2D eigenvalue weighted by atomic mass is 32.2. The van der Waals surface area contributed by atoms with Crippen molar-refractivity contribution in [2.24, 2.45) is 0 Å². The molecular formula is C21H26N4O2S2. The van der Waals surface area contributed by atoms with Gasteiger partial charge in [-0.1, -0.05) is 43.9 Å². The number of carbonyl (C=O) groups excluding carboxylic acids is 1. The number of hydrogen-bond acceptors (Lipinski definition) is 6. The maximum absolute atomic E-state index is 13.3. The molecule has 0 aliphatic carbocycles. The van der Waals surface area contributed by atoms with Crippen molar-refractivity contribution in [2.45, 2.75) is 46.6 Å². The number of pyridine rings is 1. The van der Waals surface area contributed by atoms with Gasteiger partial charge in [-0.25, -0.2) is 4.98 Å². The van der Waals surface area contributed by atoms with Gasteiger partial charge in [-0.2, -0.15) is 0 Å². The van der Waals surface area contributed by atoms with Gasteiger partial charge in [-0.3, -0.25) is 18.9 Å². The molecule has 8 heteroatoms. The highest BCUT2D eigenvalue weighted by molar-refractivity contribution is 8.26. The van der Waals surface area contributed by atoms with Crippen LogP contribution in [0.5, 0.6) is 0 Å². The van der Waals surface area contributed by atoms with Crippen molar-refractivity contribution in [1.29, 1.82) is 0 Å². The molecule has 0 N–H and O–H groups in total. The fourth-order valence-corrected chi connectivity index (χ4v) is 4.88. The van der Waals surface area contributed by atoms with Gasteiger partial charge in [0.15, 0.2) is 0 Å². The second kappa shape index (κ2) is 9.09. The molecule has 0 unspecified atom stereocenters. The van der Waals surface area contributed by atoms with Crippen molar-refractivity contribution in [3.63, 3.8) is 0 Å². The number of fused-ring (bicyclic) bond motifs is 1. The lowest BCUT2D eigenvalue weighted by molar-refractivity contribution is -0.123. The SMILES string of the molecule is CCCN(CCC)c1nc2ccccn2c(=O)c1C=C1SC(=S)N(C(C)C)C1=O. The standard InChI is InChI=1S/C21H26N4O2S2/c1-5-10-23(11-6-2)18-15(19(26)24-12-8-7-9-17(24)22-18)13-16-20(27)25(14(3)4)21(28)29-16/h7-9,12-14H,5-6,10-11H2,1-4H3. The van der Waals surface area contributed by atoms with Crippen LogP contribution >= 0.6 is 24.0 Å². The van der Waals surface area contributed by atoms with E-state index >= 15 is 0 Å². The first kappa shape index (κ1) is 21.5. The van der Waals surface area contributed by atoms with Crippen LogP contribution < -0.4 is 10.5 Å². The van der Waals surface area contributed by atoms with Gasteiger partial charge in [0.2, 0.25) is 0 Å². The summed E-state index contributed by atoms with van der Waals surface area (Å²) in [7, 11) is 0. The third-order valence-electron chi connectivity index (χ3n) is 4.65. The van der Waals surface area contributed by atoms with Crippen molar-refractivity contribution in [3.8, 4) is 0 Å². The number of thioether (sulfide) groups is 1. The number of hydrogen-bond donors (Lipinski definition) is 0. The average Bonchev–Trinajstić information content (AvgIpc) is 2.97. The third-order valence-corrected chi connectivity index (χ3v) is 5.98. The largest absolute Gasteiger partial charge is 0.356 e. The van der Waals surface area contributed by atoms with Gasteiger partial charge >= 0.3 is 0 Å². The summed E-state index contributed by atoms with van der Waals surface area (Å²) >= 11 is 6.62. The second-order valence-corrected chi connectivity index (χ2v) is 8.89. The molecule has 6 nitrogen and oxygen atoms in total. The minimum Gasteiger partial charge on any atom is -0.356 e. The Morgan fingerprint density at radius 1 is 1.21 bits per heavy atom. The van der Waals surface area contributed by atoms with Gasteiger partial charge in [0.25, 0.3) is 11.5 Å². The van der Waals surface area contributed by atoms with Crippen LogP contribution in [-0.2, 0) is 4.79 Å². The highest BCUT2D eigenvalue weighted by Gasteiger charge is 2.34. The Labute approximate surface area is 180 Å². The molecule has 1 fully saturated rings. The maximum atomic E-state index is 13.3. The molecule has 0 spiro atoms. The first-order valence-electron chi connectivity index (χ1n) is 9.92. The topological polar surface area (TPSA) is 57.9 Å². The van der Waals surface area contributed by atoms with E-state index in [2.05, 4.69) is 18.7 Å². The molecule has 0 atom stereocenters. The Balaban J connectivity index is 2.21. The zero-order valence-corrected chi connectivity index (χ0v) is 18.8. The number of anilines is 1. The van der Waals surface area contributed by atoms with Gasteiger partial charge in [-0.05, 0) is 44.9 Å². The van der Waals surface area contributed by atoms with Crippen LogP contribution in [0.1, 0.15) is 46.1 Å². The molecule has 29 heavy (non-hydrogen) atoms. The fraction of sp³-hybridized carbons (Fsp3) is 0.429. The summed E-state index contributed by atoms with van der Waals surface area (Å²) in [4.78, 5) is 35.2. The van der Waals surface area contributed by atoms with Crippen molar-refractivity contribution in [3.05, 3.63) is 45.2 Å². The lowest BCUT2D eigenvalue weighted by atomic mass is 10.2. The molecule has 0 radical (unpaired) electrons. The first-order chi connectivity index (χ1) is 13.9. The molecule has 2 aromatic heterocycles. The monoisotopic (exact) mass is 430 g/mol. The quantitative estimate of drug-likeness (QED) is 0.490. The average molecular weight is 431 g/mol. The molecule has 3 heterocycles.